The van der Waals surface area contributed by atoms with E-state index in [2.05, 4.69) is 9.97 Å². The van der Waals surface area contributed by atoms with Gasteiger partial charge in [0.15, 0.2) is 6.23 Å². The lowest BCUT2D eigenvalue weighted by molar-refractivity contribution is -0.0493. The van der Waals surface area contributed by atoms with Crippen LogP contribution in [0.4, 0.5) is 0 Å². The predicted octanol–water partition coefficient (Wildman–Crippen LogP) is 0.256. The molecule has 0 unspecified atom stereocenters. The van der Waals surface area contributed by atoms with Crippen LogP contribution in [0.15, 0.2) is 23.6 Å². The second kappa shape index (κ2) is 5.71. The van der Waals surface area contributed by atoms with Crippen LogP contribution in [0.5, 0.6) is 0 Å². The monoisotopic (exact) mass is 350 g/mol. The third-order valence-corrected chi connectivity index (χ3v) is 5.22. The fourth-order valence-corrected chi connectivity index (χ4v) is 3.94. The number of aliphatic hydroxyl groups is 3. The van der Waals surface area contributed by atoms with Crippen molar-refractivity contribution in [3.05, 3.63) is 18.6 Å². The summed E-state index contributed by atoms with van der Waals surface area (Å²) in [5.41, 5.74) is 1.45. The van der Waals surface area contributed by atoms with Crippen LogP contribution in [0.1, 0.15) is 6.23 Å². The number of hydrogen-bond donors (Lipinski definition) is 3. The van der Waals surface area contributed by atoms with Gasteiger partial charge in [0, 0.05) is 18.6 Å². The SMILES string of the molecule is CSc1ncnc2c1c1ccn(C)c1n2[C@@H]1O[C@H](CO)[C@@H](O)[C@H]1O. The van der Waals surface area contributed by atoms with Gasteiger partial charge in [0.1, 0.15) is 41.0 Å². The van der Waals surface area contributed by atoms with Crippen molar-refractivity contribution in [1.82, 2.24) is 19.1 Å². The normalized spacial score (nSPS) is 27.5. The molecule has 0 bridgehead atoms. The number of aryl methyl sites for hydroxylation is 1. The number of aromatic nitrogens is 4. The average molecular weight is 350 g/mol. The van der Waals surface area contributed by atoms with Crippen molar-refractivity contribution in [2.75, 3.05) is 12.9 Å². The fraction of sp³-hybridized carbons (Fsp3) is 0.467. The minimum absolute atomic E-state index is 0.366. The fourth-order valence-electron chi connectivity index (χ4n) is 3.38. The lowest BCUT2D eigenvalue weighted by Gasteiger charge is -2.19. The molecule has 0 aromatic carbocycles. The highest BCUT2D eigenvalue weighted by molar-refractivity contribution is 7.98. The molecule has 9 heteroatoms. The summed E-state index contributed by atoms with van der Waals surface area (Å²) in [6.45, 7) is -0.366. The highest BCUT2D eigenvalue weighted by Gasteiger charge is 2.44. The molecule has 3 aromatic rings. The molecular weight excluding hydrogens is 332 g/mol. The standard InChI is InChI=1S/C15H18N4O4S/c1-18-4-3-7-9-12(16-6-17-13(9)24-2)19(14(7)18)15-11(22)10(21)8(5-20)23-15/h3-4,6,8,10-11,15,20-22H,5H2,1-2H3/t8-,10-,11-,15-/m1/s1. The van der Waals surface area contributed by atoms with E-state index in [1.54, 1.807) is 4.57 Å². The zero-order valence-corrected chi connectivity index (χ0v) is 14.0. The molecule has 1 aliphatic rings. The Balaban J connectivity index is 2.02. The van der Waals surface area contributed by atoms with Gasteiger partial charge in [-0.2, -0.15) is 0 Å². The lowest BCUT2D eigenvalue weighted by atomic mass is 10.1. The molecule has 1 aliphatic heterocycles. The van der Waals surface area contributed by atoms with Crippen molar-refractivity contribution in [1.29, 1.82) is 0 Å². The first kappa shape index (κ1) is 15.9. The Labute approximate surface area is 141 Å². The topological polar surface area (TPSA) is 106 Å². The number of ether oxygens (including phenoxy) is 1. The van der Waals surface area contributed by atoms with Crippen LogP contribution >= 0.6 is 11.8 Å². The van der Waals surface area contributed by atoms with Crippen molar-refractivity contribution < 1.29 is 20.1 Å². The molecule has 0 spiro atoms. The van der Waals surface area contributed by atoms with Gasteiger partial charge in [-0.25, -0.2) is 9.97 Å². The minimum Gasteiger partial charge on any atom is -0.394 e. The van der Waals surface area contributed by atoms with Gasteiger partial charge in [-0.05, 0) is 12.3 Å². The summed E-state index contributed by atoms with van der Waals surface area (Å²) >= 11 is 1.52. The molecule has 128 valence electrons. The first-order valence-electron chi connectivity index (χ1n) is 7.54. The van der Waals surface area contributed by atoms with E-state index >= 15 is 0 Å². The Bertz CT molecular complexity index is 908. The summed E-state index contributed by atoms with van der Waals surface area (Å²) in [5.74, 6) is 0. The second-order valence-electron chi connectivity index (χ2n) is 5.84. The number of hydrogen-bond acceptors (Lipinski definition) is 7. The maximum absolute atomic E-state index is 10.4. The lowest BCUT2D eigenvalue weighted by Crippen LogP contribution is -2.33. The number of aliphatic hydroxyl groups excluding tert-OH is 3. The summed E-state index contributed by atoms with van der Waals surface area (Å²) in [7, 11) is 1.89. The largest absolute Gasteiger partial charge is 0.394 e. The Hall–Kier alpha value is -1.65. The Kier molecular flexibility index (Phi) is 3.77. The van der Waals surface area contributed by atoms with Crippen LogP contribution in [0.25, 0.3) is 22.1 Å². The summed E-state index contributed by atoms with van der Waals surface area (Å²) in [4.78, 5) is 8.71. The molecule has 0 radical (unpaired) electrons. The van der Waals surface area contributed by atoms with Gasteiger partial charge < -0.3 is 24.6 Å². The van der Waals surface area contributed by atoms with Crippen molar-refractivity contribution in [2.45, 2.75) is 29.6 Å². The maximum atomic E-state index is 10.4. The highest BCUT2D eigenvalue weighted by Crippen LogP contribution is 2.39. The molecule has 4 heterocycles. The van der Waals surface area contributed by atoms with E-state index in [1.165, 1.54) is 18.1 Å². The molecule has 8 nitrogen and oxygen atoms in total. The first-order valence-corrected chi connectivity index (χ1v) is 8.77. The van der Waals surface area contributed by atoms with Crippen LogP contribution in [-0.4, -0.2) is 65.6 Å². The third-order valence-electron chi connectivity index (χ3n) is 4.52. The summed E-state index contributed by atoms with van der Waals surface area (Å²) in [6.07, 6.45) is 1.35. The average Bonchev–Trinajstić information content (AvgIpc) is 3.21. The van der Waals surface area contributed by atoms with Crippen LogP contribution in [0, 0.1) is 0 Å². The molecule has 1 saturated heterocycles. The zero-order chi connectivity index (χ0) is 17.0. The summed E-state index contributed by atoms with van der Waals surface area (Å²) in [5, 5.41) is 32.6. The third kappa shape index (κ3) is 2.02. The van der Waals surface area contributed by atoms with E-state index in [-0.39, 0.29) is 6.61 Å². The van der Waals surface area contributed by atoms with Crippen LogP contribution < -0.4 is 0 Å². The smallest absolute Gasteiger partial charge is 0.166 e. The number of thioether (sulfide) groups is 1. The van der Waals surface area contributed by atoms with Crippen LogP contribution in [-0.2, 0) is 11.8 Å². The van der Waals surface area contributed by atoms with Crippen LogP contribution in [0.2, 0.25) is 0 Å². The molecular formula is C15H18N4O4S. The van der Waals surface area contributed by atoms with Crippen LogP contribution in [0.3, 0.4) is 0 Å². The maximum Gasteiger partial charge on any atom is 0.166 e. The van der Waals surface area contributed by atoms with Crippen molar-refractivity contribution in [3.63, 3.8) is 0 Å². The van der Waals surface area contributed by atoms with Gasteiger partial charge >= 0.3 is 0 Å². The number of rotatable bonds is 3. The molecule has 0 aliphatic carbocycles. The second-order valence-corrected chi connectivity index (χ2v) is 6.64. The van der Waals surface area contributed by atoms with Gasteiger partial charge in [-0.15, -0.1) is 11.8 Å². The molecule has 3 aromatic heterocycles. The highest BCUT2D eigenvalue weighted by atomic mass is 32.2. The Morgan fingerprint density at radius 1 is 1.29 bits per heavy atom. The predicted molar refractivity (Wildman–Crippen MR) is 88.8 cm³/mol. The van der Waals surface area contributed by atoms with Gasteiger partial charge in [0.25, 0.3) is 0 Å². The van der Waals surface area contributed by atoms with Crippen molar-refractivity contribution in [2.24, 2.45) is 7.05 Å². The number of fused-ring (bicyclic) bond motifs is 3. The Morgan fingerprint density at radius 3 is 2.75 bits per heavy atom. The Morgan fingerprint density at radius 2 is 2.08 bits per heavy atom. The van der Waals surface area contributed by atoms with E-state index in [0.29, 0.717) is 5.65 Å². The van der Waals surface area contributed by atoms with Crippen molar-refractivity contribution in [3.8, 4) is 0 Å². The first-order chi connectivity index (χ1) is 11.6. The summed E-state index contributed by atoms with van der Waals surface area (Å²) in [6, 6.07) is 1.97. The van der Waals surface area contributed by atoms with E-state index in [0.717, 1.165) is 21.4 Å². The molecule has 24 heavy (non-hydrogen) atoms. The minimum atomic E-state index is -1.16. The van der Waals surface area contributed by atoms with Gasteiger partial charge in [0.05, 0.1) is 12.0 Å². The van der Waals surface area contributed by atoms with Crippen molar-refractivity contribution >= 4 is 33.8 Å². The molecule has 3 N–H and O–H groups in total. The number of nitrogens with zero attached hydrogens (tertiary/aromatic N) is 4. The summed E-state index contributed by atoms with van der Waals surface area (Å²) < 4.78 is 9.41. The van der Waals surface area contributed by atoms with Gasteiger partial charge in [-0.1, -0.05) is 0 Å². The van der Waals surface area contributed by atoms with E-state index in [4.69, 9.17) is 4.74 Å². The quantitative estimate of drug-likeness (QED) is 0.459. The van der Waals surface area contributed by atoms with Gasteiger partial charge in [-0.3, -0.25) is 4.57 Å². The van der Waals surface area contributed by atoms with E-state index < -0.39 is 24.5 Å². The van der Waals surface area contributed by atoms with E-state index in [1.807, 2.05) is 30.1 Å². The zero-order valence-electron chi connectivity index (χ0n) is 13.2. The van der Waals surface area contributed by atoms with E-state index in [9.17, 15) is 15.3 Å². The molecule has 0 saturated carbocycles. The molecule has 1 fully saturated rings. The molecule has 0 amide bonds. The molecule has 4 atom stereocenters. The molecule has 4 rings (SSSR count). The van der Waals surface area contributed by atoms with Gasteiger partial charge in [0.2, 0.25) is 0 Å².